The number of nitrogens with zero attached hydrogens (tertiary/aromatic N) is 4. The largest absolute Gasteiger partial charge is 0.443 e. The summed E-state index contributed by atoms with van der Waals surface area (Å²) < 4.78 is 5.50. The molecular formula is C20H21ClN4O3. The summed E-state index contributed by atoms with van der Waals surface area (Å²) in [5.41, 5.74) is 1.22. The van der Waals surface area contributed by atoms with E-state index < -0.39 is 17.1 Å². The number of aliphatic hydroxyl groups excluding tert-OH is 1. The second kappa shape index (κ2) is 7.04. The fourth-order valence-electron chi connectivity index (χ4n) is 3.24. The van der Waals surface area contributed by atoms with E-state index in [1.807, 2.05) is 13.0 Å². The van der Waals surface area contributed by atoms with Gasteiger partial charge in [-0.25, -0.2) is 14.8 Å². The van der Waals surface area contributed by atoms with Crippen molar-refractivity contribution in [3.63, 3.8) is 0 Å². The van der Waals surface area contributed by atoms with Crippen molar-refractivity contribution in [3.05, 3.63) is 40.8 Å². The van der Waals surface area contributed by atoms with Crippen LogP contribution in [-0.4, -0.2) is 39.9 Å². The third-order valence-corrected chi connectivity index (χ3v) is 4.72. The molecule has 1 atom stereocenters. The lowest BCUT2D eigenvalue weighted by molar-refractivity contribution is 0.0575. The Morgan fingerprint density at radius 2 is 2.18 bits per heavy atom. The third kappa shape index (κ3) is 3.66. The molecule has 0 saturated heterocycles. The van der Waals surface area contributed by atoms with Crippen LogP contribution in [0.25, 0.3) is 11.3 Å². The number of nitriles is 1. The predicted octanol–water partition coefficient (Wildman–Crippen LogP) is 3.67. The van der Waals surface area contributed by atoms with Crippen LogP contribution in [0.15, 0.2) is 24.4 Å². The minimum absolute atomic E-state index is 0.0943. The van der Waals surface area contributed by atoms with Gasteiger partial charge in [0.05, 0.1) is 23.6 Å². The number of ether oxygens (including phenoxy) is 1. The summed E-state index contributed by atoms with van der Waals surface area (Å²) in [5, 5.41) is 19.9. The van der Waals surface area contributed by atoms with E-state index in [9.17, 15) is 15.2 Å². The summed E-state index contributed by atoms with van der Waals surface area (Å²) in [7, 11) is 0. The lowest BCUT2D eigenvalue weighted by atomic mass is 9.83. The van der Waals surface area contributed by atoms with Gasteiger partial charge in [0.1, 0.15) is 11.7 Å². The zero-order valence-corrected chi connectivity index (χ0v) is 16.9. The Morgan fingerprint density at radius 1 is 1.46 bits per heavy atom. The first-order valence-electron chi connectivity index (χ1n) is 8.77. The number of carbonyl (C=O) groups is 1. The number of aliphatic hydroxyl groups is 1. The molecule has 1 aromatic carbocycles. The standard InChI is InChI=1S/C20H21ClN4O3/c1-19(2,3)28-18(27)25-10-20(4,11-26)14-8-12(7-13(9-22)16(14)25)15-5-6-23-17(21)24-15/h5-8,26H,10-11H2,1-4H3. The van der Waals surface area contributed by atoms with Gasteiger partial charge in [-0.2, -0.15) is 5.26 Å². The molecule has 0 aliphatic carbocycles. The molecular weight excluding hydrogens is 380 g/mol. The van der Waals surface area contributed by atoms with Crippen molar-refractivity contribution >= 4 is 23.4 Å². The fourth-order valence-corrected chi connectivity index (χ4v) is 3.38. The highest BCUT2D eigenvalue weighted by Gasteiger charge is 2.44. The molecule has 8 heteroatoms. The van der Waals surface area contributed by atoms with Crippen LogP contribution in [0.4, 0.5) is 10.5 Å². The molecule has 1 unspecified atom stereocenters. The molecule has 3 rings (SSSR count). The topological polar surface area (TPSA) is 99.3 Å². The van der Waals surface area contributed by atoms with E-state index in [0.29, 0.717) is 28.1 Å². The molecule has 1 amide bonds. The van der Waals surface area contributed by atoms with E-state index in [1.165, 1.54) is 11.1 Å². The SMILES string of the molecule is CC(C)(C)OC(=O)N1CC(C)(CO)c2cc(-c3ccnc(Cl)n3)cc(C#N)c21. The summed E-state index contributed by atoms with van der Waals surface area (Å²) in [6.07, 6.45) is 0.975. The molecule has 1 aromatic heterocycles. The van der Waals surface area contributed by atoms with E-state index in [1.54, 1.807) is 32.9 Å². The van der Waals surface area contributed by atoms with Crippen LogP contribution in [0.1, 0.15) is 38.8 Å². The van der Waals surface area contributed by atoms with Crippen LogP contribution in [0.3, 0.4) is 0 Å². The average molecular weight is 401 g/mol. The summed E-state index contributed by atoms with van der Waals surface area (Å²) >= 11 is 5.90. The van der Waals surface area contributed by atoms with Gasteiger partial charge in [0.2, 0.25) is 5.28 Å². The molecule has 2 heterocycles. The number of anilines is 1. The molecule has 0 radical (unpaired) electrons. The van der Waals surface area contributed by atoms with Crippen LogP contribution in [0.2, 0.25) is 5.28 Å². The van der Waals surface area contributed by atoms with Crippen molar-refractivity contribution in [2.75, 3.05) is 18.1 Å². The highest BCUT2D eigenvalue weighted by molar-refractivity contribution is 6.28. The number of fused-ring (bicyclic) bond motifs is 1. The predicted molar refractivity (Wildman–Crippen MR) is 105 cm³/mol. The first-order chi connectivity index (χ1) is 13.1. The van der Waals surface area contributed by atoms with Crippen molar-refractivity contribution in [2.45, 2.75) is 38.7 Å². The van der Waals surface area contributed by atoms with Gasteiger partial charge < -0.3 is 9.84 Å². The molecule has 28 heavy (non-hydrogen) atoms. The maximum Gasteiger partial charge on any atom is 0.414 e. The van der Waals surface area contributed by atoms with Crippen LogP contribution >= 0.6 is 11.6 Å². The van der Waals surface area contributed by atoms with Gasteiger partial charge in [-0.05, 0) is 56.1 Å². The van der Waals surface area contributed by atoms with Gasteiger partial charge in [0.25, 0.3) is 0 Å². The molecule has 1 aliphatic rings. The van der Waals surface area contributed by atoms with Crippen molar-refractivity contribution in [2.24, 2.45) is 0 Å². The van der Waals surface area contributed by atoms with Crippen molar-refractivity contribution in [1.82, 2.24) is 9.97 Å². The molecule has 1 N–H and O–H groups in total. The maximum absolute atomic E-state index is 12.8. The molecule has 2 aromatic rings. The highest BCUT2D eigenvalue weighted by atomic mass is 35.5. The van der Waals surface area contributed by atoms with Gasteiger partial charge >= 0.3 is 6.09 Å². The second-order valence-electron chi connectivity index (χ2n) is 8.03. The van der Waals surface area contributed by atoms with Gasteiger partial charge in [0.15, 0.2) is 0 Å². The monoisotopic (exact) mass is 400 g/mol. The average Bonchev–Trinajstić information content (AvgIpc) is 2.93. The Hall–Kier alpha value is -2.69. The van der Waals surface area contributed by atoms with Crippen molar-refractivity contribution in [3.8, 4) is 17.3 Å². The Labute approximate surface area is 168 Å². The molecule has 0 saturated carbocycles. The smallest absolute Gasteiger partial charge is 0.414 e. The zero-order valence-electron chi connectivity index (χ0n) is 16.2. The van der Waals surface area contributed by atoms with E-state index in [4.69, 9.17) is 16.3 Å². The van der Waals surface area contributed by atoms with E-state index in [0.717, 1.165) is 0 Å². The van der Waals surface area contributed by atoms with E-state index >= 15 is 0 Å². The minimum Gasteiger partial charge on any atom is -0.443 e. The van der Waals surface area contributed by atoms with Crippen molar-refractivity contribution < 1.29 is 14.6 Å². The van der Waals surface area contributed by atoms with Gasteiger partial charge in [-0.1, -0.05) is 6.92 Å². The molecule has 0 fully saturated rings. The maximum atomic E-state index is 12.8. The number of hydrogen-bond donors (Lipinski definition) is 1. The quantitative estimate of drug-likeness (QED) is 0.772. The number of rotatable bonds is 2. The van der Waals surface area contributed by atoms with E-state index in [-0.39, 0.29) is 18.4 Å². The summed E-state index contributed by atoms with van der Waals surface area (Å²) in [5.74, 6) is 0. The molecule has 0 bridgehead atoms. The Morgan fingerprint density at radius 3 is 2.75 bits per heavy atom. The number of aromatic nitrogens is 2. The lowest BCUT2D eigenvalue weighted by Gasteiger charge is -2.26. The molecule has 1 aliphatic heterocycles. The second-order valence-corrected chi connectivity index (χ2v) is 8.37. The lowest BCUT2D eigenvalue weighted by Crippen LogP contribution is -2.40. The Kier molecular flexibility index (Phi) is 5.04. The first-order valence-corrected chi connectivity index (χ1v) is 9.15. The summed E-state index contributed by atoms with van der Waals surface area (Å²) in [6, 6.07) is 7.32. The number of benzene rings is 1. The van der Waals surface area contributed by atoms with E-state index in [2.05, 4.69) is 16.0 Å². The van der Waals surface area contributed by atoms with Gasteiger partial charge in [-0.15, -0.1) is 0 Å². The molecule has 146 valence electrons. The minimum atomic E-state index is -0.745. The number of carbonyl (C=O) groups excluding carboxylic acids is 1. The highest BCUT2D eigenvalue weighted by Crippen LogP contribution is 2.45. The Bertz CT molecular complexity index is 980. The summed E-state index contributed by atoms with van der Waals surface area (Å²) in [6.45, 7) is 7.18. The fraction of sp³-hybridized carbons (Fsp3) is 0.400. The number of amides is 1. The van der Waals surface area contributed by atoms with Crippen LogP contribution in [0.5, 0.6) is 0 Å². The van der Waals surface area contributed by atoms with Gasteiger partial charge in [-0.3, -0.25) is 4.90 Å². The summed E-state index contributed by atoms with van der Waals surface area (Å²) in [4.78, 5) is 22.3. The zero-order chi connectivity index (χ0) is 20.7. The van der Waals surface area contributed by atoms with Crippen molar-refractivity contribution in [1.29, 1.82) is 5.26 Å². The van der Waals surface area contributed by atoms with Crippen LogP contribution < -0.4 is 4.90 Å². The van der Waals surface area contributed by atoms with Crippen LogP contribution in [-0.2, 0) is 10.2 Å². The third-order valence-electron chi connectivity index (χ3n) is 4.54. The first kappa shape index (κ1) is 20.1. The van der Waals surface area contributed by atoms with Gasteiger partial charge in [0, 0.05) is 23.7 Å². The van der Waals surface area contributed by atoms with Crippen LogP contribution in [0, 0.1) is 11.3 Å². The normalized spacial score (nSPS) is 18.5. The molecule has 0 spiro atoms. The molecule has 7 nitrogen and oxygen atoms in total. The number of halogens is 1. The number of hydrogen-bond acceptors (Lipinski definition) is 6. The Balaban J connectivity index is 2.17.